The summed E-state index contributed by atoms with van der Waals surface area (Å²) in [5, 5.41) is 4.82. The van der Waals surface area contributed by atoms with Gasteiger partial charge in [-0.2, -0.15) is 0 Å². The van der Waals surface area contributed by atoms with Crippen molar-refractivity contribution in [3.63, 3.8) is 0 Å². The van der Waals surface area contributed by atoms with Crippen LogP contribution in [0.15, 0.2) is 10.6 Å². The molecule has 4 rings (SSSR count). The molecule has 2 aliphatic rings. The van der Waals surface area contributed by atoms with Gasteiger partial charge in [0.05, 0.1) is 16.6 Å². The molecular formula is C18H23N3O2. The Morgan fingerprint density at radius 3 is 2.57 bits per heavy atom. The Labute approximate surface area is 136 Å². The standard InChI is InChI=1S/C18H23N3O2/c1-12-16-14(18(22)21-9-5-3-2-4-6-10-21)11-15(13-7-8-13)19-17(16)23-20-12/h11,13H,2-10H2,1H3. The van der Waals surface area contributed by atoms with E-state index in [2.05, 4.69) is 10.1 Å². The fourth-order valence-corrected chi connectivity index (χ4v) is 3.49. The maximum absolute atomic E-state index is 13.2. The highest BCUT2D eigenvalue weighted by atomic mass is 16.5. The number of pyridine rings is 1. The number of carbonyl (C=O) groups excluding carboxylic acids is 1. The third-order valence-electron chi connectivity index (χ3n) is 5.01. The second-order valence-corrected chi connectivity index (χ2v) is 6.88. The van der Waals surface area contributed by atoms with E-state index in [9.17, 15) is 4.79 Å². The molecular weight excluding hydrogens is 290 g/mol. The van der Waals surface area contributed by atoms with Crippen molar-refractivity contribution in [1.82, 2.24) is 15.0 Å². The Balaban J connectivity index is 1.73. The van der Waals surface area contributed by atoms with E-state index in [0.29, 0.717) is 11.6 Å². The summed E-state index contributed by atoms with van der Waals surface area (Å²) < 4.78 is 5.36. The molecule has 0 unspecified atom stereocenters. The summed E-state index contributed by atoms with van der Waals surface area (Å²) >= 11 is 0. The van der Waals surface area contributed by atoms with Crippen LogP contribution in [-0.2, 0) is 0 Å². The number of fused-ring (bicyclic) bond motifs is 1. The molecule has 0 radical (unpaired) electrons. The number of hydrogen-bond donors (Lipinski definition) is 0. The van der Waals surface area contributed by atoms with E-state index in [1.807, 2.05) is 17.9 Å². The van der Waals surface area contributed by atoms with Gasteiger partial charge in [-0.3, -0.25) is 4.79 Å². The lowest BCUT2D eigenvalue weighted by Crippen LogP contribution is -2.34. The molecule has 2 aromatic heterocycles. The van der Waals surface area contributed by atoms with Gasteiger partial charge in [-0.15, -0.1) is 0 Å². The van der Waals surface area contributed by atoms with Crippen molar-refractivity contribution in [2.45, 2.75) is 57.8 Å². The lowest BCUT2D eigenvalue weighted by molar-refractivity contribution is 0.0744. The van der Waals surface area contributed by atoms with Gasteiger partial charge in [0, 0.05) is 24.7 Å². The maximum atomic E-state index is 13.2. The molecule has 1 saturated heterocycles. The van der Waals surface area contributed by atoms with E-state index in [4.69, 9.17) is 4.52 Å². The van der Waals surface area contributed by atoms with Gasteiger partial charge >= 0.3 is 0 Å². The van der Waals surface area contributed by atoms with Crippen molar-refractivity contribution >= 4 is 17.0 Å². The van der Waals surface area contributed by atoms with Crippen LogP contribution in [0.2, 0.25) is 0 Å². The van der Waals surface area contributed by atoms with E-state index in [0.717, 1.165) is 61.1 Å². The minimum atomic E-state index is 0.118. The van der Waals surface area contributed by atoms with Crippen molar-refractivity contribution in [1.29, 1.82) is 0 Å². The Morgan fingerprint density at radius 1 is 1.17 bits per heavy atom. The predicted molar refractivity (Wildman–Crippen MR) is 87.5 cm³/mol. The molecule has 0 aromatic carbocycles. The van der Waals surface area contributed by atoms with E-state index >= 15 is 0 Å². The van der Waals surface area contributed by atoms with Gasteiger partial charge in [0.2, 0.25) is 0 Å². The number of aryl methyl sites for hydroxylation is 1. The topological polar surface area (TPSA) is 59.2 Å². The summed E-state index contributed by atoms with van der Waals surface area (Å²) in [5.74, 6) is 0.608. The summed E-state index contributed by atoms with van der Waals surface area (Å²) in [5.41, 5.74) is 2.99. The van der Waals surface area contributed by atoms with Crippen LogP contribution in [0.25, 0.3) is 11.1 Å². The molecule has 5 nitrogen and oxygen atoms in total. The molecule has 1 aliphatic carbocycles. The van der Waals surface area contributed by atoms with Gasteiger partial charge in [-0.25, -0.2) is 4.98 Å². The molecule has 1 amide bonds. The summed E-state index contributed by atoms with van der Waals surface area (Å²) in [6.45, 7) is 3.59. The highest BCUT2D eigenvalue weighted by molar-refractivity contribution is 6.06. The van der Waals surface area contributed by atoms with Crippen molar-refractivity contribution < 1.29 is 9.32 Å². The molecule has 0 atom stereocenters. The first-order valence-electron chi connectivity index (χ1n) is 8.80. The Bertz CT molecular complexity index is 725. The number of likely N-dealkylation sites (tertiary alicyclic amines) is 1. The molecule has 5 heteroatoms. The molecule has 3 heterocycles. The lowest BCUT2D eigenvalue weighted by atomic mass is 10.0. The van der Waals surface area contributed by atoms with Crippen LogP contribution in [0.4, 0.5) is 0 Å². The average Bonchev–Trinajstić information content (AvgIpc) is 3.30. The summed E-state index contributed by atoms with van der Waals surface area (Å²) in [6.07, 6.45) is 8.23. The molecule has 2 fully saturated rings. The Hall–Kier alpha value is -1.91. The normalized spacial score (nSPS) is 19.6. The van der Waals surface area contributed by atoms with E-state index < -0.39 is 0 Å². The van der Waals surface area contributed by atoms with Crippen molar-refractivity contribution in [2.75, 3.05) is 13.1 Å². The molecule has 122 valence electrons. The first-order valence-corrected chi connectivity index (χ1v) is 8.80. The highest BCUT2D eigenvalue weighted by Crippen LogP contribution is 2.40. The van der Waals surface area contributed by atoms with Crippen LogP contribution in [0.3, 0.4) is 0 Å². The highest BCUT2D eigenvalue weighted by Gasteiger charge is 2.29. The van der Waals surface area contributed by atoms with Gasteiger partial charge in [0.15, 0.2) is 0 Å². The zero-order valence-electron chi connectivity index (χ0n) is 13.7. The van der Waals surface area contributed by atoms with Crippen LogP contribution in [-0.4, -0.2) is 34.0 Å². The first-order chi connectivity index (χ1) is 11.2. The molecule has 2 aromatic rings. The number of rotatable bonds is 2. The maximum Gasteiger partial charge on any atom is 0.259 e. The molecule has 1 saturated carbocycles. The Morgan fingerprint density at radius 2 is 1.87 bits per heavy atom. The number of nitrogens with zero attached hydrogens (tertiary/aromatic N) is 3. The second kappa shape index (κ2) is 5.95. The molecule has 0 N–H and O–H groups in total. The molecule has 0 spiro atoms. The SMILES string of the molecule is Cc1noc2nc(C3CC3)cc(C(=O)N3CCCCCCC3)c12. The zero-order valence-corrected chi connectivity index (χ0v) is 13.7. The largest absolute Gasteiger partial charge is 0.339 e. The van der Waals surface area contributed by atoms with Crippen molar-refractivity contribution in [3.8, 4) is 0 Å². The number of amides is 1. The van der Waals surface area contributed by atoms with Gasteiger partial charge in [0.1, 0.15) is 0 Å². The first kappa shape index (κ1) is 14.7. The predicted octanol–water partition coefficient (Wildman–Crippen LogP) is 3.81. The van der Waals surface area contributed by atoms with E-state index in [1.54, 1.807) is 0 Å². The fraction of sp³-hybridized carbons (Fsp3) is 0.611. The van der Waals surface area contributed by atoms with Crippen molar-refractivity contribution in [3.05, 3.63) is 23.0 Å². The van der Waals surface area contributed by atoms with Crippen LogP contribution in [0.5, 0.6) is 0 Å². The average molecular weight is 313 g/mol. The van der Waals surface area contributed by atoms with Gasteiger partial charge < -0.3 is 9.42 Å². The van der Waals surface area contributed by atoms with Crippen molar-refractivity contribution in [2.24, 2.45) is 0 Å². The van der Waals surface area contributed by atoms with Gasteiger partial charge in [-0.1, -0.05) is 24.4 Å². The monoisotopic (exact) mass is 313 g/mol. The third-order valence-corrected chi connectivity index (χ3v) is 5.01. The van der Waals surface area contributed by atoms with Crippen LogP contribution < -0.4 is 0 Å². The Kier molecular flexibility index (Phi) is 3.79. The summed E-state index contributed by atoms with van der Waals surface area (Å²) in [7, 11) is 0. The number of hydrogen-bond acceptors (Lipinski definition) is 4. The molecule has 1 aliphatic heterocycles. The number of carbonyl (C=O) groups is 1. The summed E-state index contributed by atoms with van der Waals surface area (Å²) in [4.78, 5) is 19.7. The van der Waals surface area contributed by atoms with E-state index in [1.165, 1.54) is 19.3 Å². The van der Waals surface area contributed by atoms with Crippen LogP contribution in [0.1, 0.15) is 72.6 Å². The van der Waals surface area contributed by atoms with Crippen LogP contribution in [0, 0.1) is 6.92 Å². The fourth-order valence-electron chi connectivity index (χ4n) is 3.49. The van der Waals surface area contributed by atoms with Gasteiger partial charge in [0.25, 0.3) is 11.6 Å². The molecule has 23 heavy (non-hydrogen) atoms. The minimum absolute atomic E-state index is 0.118. The smallest absolute Gasteiger partial charge is 0.259 e. The van der Waals surface area contributed by atoms with Crippen LogP contribution >= 0.6 is 0 Å². The zero-order chi connectivity index (χ0) is 15.8. The summed E-state index contributed by atoms with van der Waals surface area (Å²) in [6, 6.07) is 1.99. The minimum Gasteiger partial charge on any atom is -0.339 e. The van der Waals surface area contributed by atoms with Gasteiger partial charge in [-0.05, 0) is 38.7 Å². The number of aromatic nitrogens is 2. The van der Waals surface area contributed by atoms with E-state index in [-0.39, 0.29) is 5.91 Å². The third kappa shape index (κ3) is 2.84. The lowest BCUT2D eigenvalue weighted by Gasteiger charge is -2.25. The molecule has 0 bridgehead atoms. The quantitative estimate of drug-likeness (QED) is 0.846. The second-order valence-electron chi connectivity index (χ2n) is 6.88.